The molecule has 0 radical (unpaired) electrons. The third-order valence-electron chi connectivity index (χ3n) is 4.32. The molecule has 1 nitrogen and oxygen atoms in total. The molecule has 1 atom stereocenters. The van der Waals surface area contributed by atoms with E-state index in [1.54, 1.807) is 0 Å². The van der Waals surface area contributed by atoms with Crippen molar-refractivity contribution in [2.24, 2.45) is 5.92 Å². The number of halogens is 2. The highest BCUT2D eigenvalue weighted by atomic mass is 35.5. The first-order chi connectivity index (χ1) is 9.70. The predicted molar refractivity (Wildman–Crippen MR) is 88.8 cm³/mol. The molecule has 1 aliphatic rings. The predicted octanol–water partition coefficient (Wildman–Crippen LogP) is 5.48. The van der Waals surface area contributed by atoms with E-state index in [0.29, 0.717) is 16.1 Å². The average molecular weight is 314 g/mol. The normalized spacial score (nSPS) is 18.1. The first-order valence-corrected chi connectivity index (χ1v) is 8.63. The van der Waals surface area contributed by atoms with E-state index in [0.717, 1.165) is 18.9 Å². The Kier molecular flexibility index (Phi) is 6.67. The highest BCUT2D eigenvalue weighted by Gasteiger charge is 2.23. The van der Waals surface area contributed by atoms with Gasteiger partial charge in [-0.1, -0.05) is 55.5 Å². The van der Waals surface area contributed by atoms with Gasteiger partial charge in [-0.2, -0.15) is 0 Å². The lowest BCUT2D eigenvalue weighted by Crippen LogP contribution is -2.39. The molecule has 1 unspecified atom stereocenters. The Balaban J connectivity index is 2.03. The second-order valence-corrected chi connectivity index (χ2v) is 6.73. The molecule has 0 bridgehead atoms. The second-order valence-electron chi connectivity index (χ2n) is 5.91. The first kappa shape index (κ1) is 16.1. The topological polar surface area (TPSA) is 12.0 Å². The molecule has 0 amide bonds. The smallest absolute Gasteiger partial charge is 0.0595 e. The van der Waals surface area contributed by atoms with Crippen molar-refractivity contribution in [3.63, 3.8) is 0 Å². The number of hydrogen-bond acceptors (Lipinski definition) is 1. The monoisotopic (exact) mass is 313 g/mol. The van der Waals surface area contributed by atoms with Gasteiger partial charge < -0.3 is 5.32 Å². The zero-order chi connectivity index (χ0) is 14.4. The molecule has 3 heteroatoms. The van der Waals surface area contributed by atoms with Crippen LogP contribution < -0.4 is 5.32 Å². The molecule has 1 aromatic rings. The molecule has 1 aliphatic carbocycles. The van der Waals surface area contributed by atoms with E-state index in [-0.39, 0.29) is 0 Å². The molecule has 2 rings (SSSR count). The standard InChI is InChI=1S/C17H25Cl2N/c1-2-10-20-17(14-6-4-3-5-7-14)12-13-8-9-15(18)16(19)11-13/h8-9,11,14,17,20H,2-7,10,12H2,1H3. The summed E-state index contributed by atoms with van der Waals surface area (Å²) in [4.78, 5) is 0. The van der Waals surface area contributed by atoms with Crippen LogP contribution >= 0.6 is 23.2 Å². The van der Waals surface area contributed by atoms with Gasteiger partial charge in [0.05, 0.1) is 10.0 Å². The van der Waals surface area contributed by atoms with Crippen molar-refractivity contribution in [2.45, 2.75) is 57.9 Å². The van der Waals surface area contributed by atoms with Gasteiger partial charge in [-0.25, -0.2) is 0 Å². The van der Waals surface area contributed by atoms with E-state index >= 15 is 0 Å². The molecule has 20 heavy (non-hydrogen) atoms. The summed E-state index contributed by atoms with van der Waals surface area (Å²) in [6.07, 6.45) is 9.15. The summed E-state index contributed by atoms with van der Waals surface area (Å²) in [5.74, 6) is 0.810. The summed E-state index contributed by atoms with van der Waals surface area (Å²) in [5, 5.41) is 5.06. The average Bonchev–Trinajstić information content (AvgIpc) is 2.48. The SMILES string of the molecule is CCCNC(Cc1ccc(Cl)c(Cl)c1)C1CCCCC1. The largest absolute Gasteiger partial charge is 0.313 e. The minimum absolute atomic E-state index is 0.576. The van der Waals surface area contributed by atoms with E-state index in [4.69, 9.17) is 23.2 Å². The van der Waals surface area contributed by atoms with E-state index in [9.17, 15) is 0 Å². The second kappa shape index (κ2) is 8.26. The Morgan fingerprint density at radius 1 is 1.15 bits per heavy atom. The molecule has 112 valence electrons. The maximum Gasteiger partial charge on any atom is 0.0595 e. The van der Waals surface area contributed by atoms with Gasteiger partial charge in [0.15, 0.2) is 0 Å². The van der Waals surface area contributed by atoms with Crippen molar-refractivity contribution in [3.05, 3.63) is 33.8 Å². The number of nitrogens with one attached hydrogen (secondary N) is 1. The van der Waals surface area contributed by atoms with Crippen molar-refractivity contribution in [1.82, 2.24) is 5.32 Å². The van der Waals surface area contributed by atoms with Gasteiger partial charge in [0.1, 0.15) is 0 Å². The molecule has 0 aromatic heterocycles. The lowest BCUT2D eigenvalue weighted by atomic mass is 9.81. The Morgan fingerprint density at radius 2 is 1.90 bits per heavy atom. The molecule has 0 heterocycles. The van der Waals surface area contributed by atoms with Crippen LogP contribution in [0.5, 0.6) is 0 Å². The van der Waals surface area contributed by atoms with Crippen LogP contribution in [0.4, 0.5) is 0 Å². The van der Waals surface area contributed by atoms with Crippen molar-refractivity contribution in [3.8, 4) is 0 Å². The highest BCUT2D eigenvalue weighted by Crippen LogP contribution is 2.29. The van der Waals surface area contributed by atoms with Crippen LogP contribution in [-0.2, 0) is 6.42 Å². The van der Waals surface area contributed by atoms with Gasteiger partial charge in [0.25, 0.3) is 0 Å². The van der Waals surface area contributed by atoms with Crippen molar-refractivity contribution in [1.29, 1.82) is 0 Å². The summed E-state index contributed by atoms with van der Waals surface area (Å²) >= 11 is 12.1. The molecule has 0 spiro atoms. The minimum Gasteiger partial charge on any atom is -0.313 e. The van der Waals surface area contributed by atoms with E-state index in [2.05, 4.69) is 18.3 Å². The Hall–Kier alpha value is -0.240. The van der Waals surface area contributed by atoms with Gasteiger partial charge in [-0.15, -0.1) is 0 Å². The summed E-state index contributed by atoms with van der Waals surface area (Å²) in [7, 11) is 0. The summed E-state index contributed by atoms with van der Waals surface area (Å²) < 4.78 is 0. The summed E-state index contributed by atoms with van der Waals surface area (Å²) in [6, 6.07) is 6.62. The number of rotatable bonds is 6. The number of hydrogen-bond donors (Lipinski definition) is 1. The first-order valence-electron chi connectivity index (χ1n) is 7.88. The maximum absolute atomic E-state index is 6.14. The van der Waals surface area contributed by atoms with Crippen LogP contribution in [-0.4, -0.2) is 12.6 Å². The van der Waals surface area contributed by atoms with E-state index in [1.807, 2.05) is 12.1 Å². The molecular weight excluding hydrogens is 289 g/mol. The van der Waals surface area contributed by atoms with Gasteiger partial charge in [-0.3, -0.25) is 0 Å². The highest BCUT2D eigenvalue weighted by molar-refractivity contribution is 6.42. The molecule has 0 aliphatic heterocycles. The quantitative estimate of drug-likeness (QED) is 0.732. The van der Waals surface area contributed by atoms with Gasteiger partial charge in [0, 0.05) is 6.04 Å². The Bertz CT molecular complexity index is 413. The third kappa shape index (κ3) is 4.65. The molecular formula is C17H25Cl2N. The Labute approximate surface area is 133 Å². The Morgan fingerprint density at radius 3 is 2.55 bits per heavy atom. The van der Waals surface area contributed by atoms with E-state index < -0.39 is 0 Å². The van der Waals surface area contributed by atoms with E-state index in [1.165, 1.54) is 44.1 Å². The molecule has 1 saturated carbocycles. The fourth-order valence-electron chi connectivity index (χ4n) is 3.19. The van der Waals surface area contributed by atoms with Crippen LogP contribution in [0.2, 0.25) is 10.0 Å². The van der Waals surface area contributed by atoms with Crippen LogP contribution in [0, 0.1) is 5.92 Å². The lowest BCUT2D eigenvalue weighted by molar-refractivity contribution is 0.267. The number of benzene rings is 1. The van der Waals surface area contributed by atoms with Gasteiger partial charge in [-0.05, 0) is 55.8 Å². The fraction of sp³-hybridized carbons (Fsp3) is 0.647. The van der Waals surface area contributed by atoms with Crippen LogP contribution in [0.25, 0.3) is 0 Å². The van der Waals surface area contributed by atoms with Gasteiger partial charge in [0.2, 0.25) is 0 Å². The molecule has 1 fully saturated rings. The summed E-state index contributed by atoms with van der Waals surface area (Å²) in [5.41, 5.74) is 1.29. The third-order valence-corrected chi connectivity index (χ3v) is 5.05. The van der Waals surface area contributed by atoms with Gasteiger partial charge >= 0.3 is 0 Å². The van der Waals surface area contributed by atoms with Crippen molar-refractivity contribution in [2.75, 3.05) is 6.54 Å². The summed E-state index contributed by atoms with van der Waals surface area (Å²) in [6.45, 7) is 3.33. The maximum atomic E-state index is 6.14. The fourth-order valence-corrected chi connectivity index (χ4v) is 3.51. The van der Waals surface area contributed by atoms with Crippen molar-refractivity contribution < 1.29 is 0 Å². The van der Waals surface area contributed by atoms with Crippen LogP contribution in [0.3, 0.4) is 0 Å². The van der Waals surface area contributed by atoms with Crippen molar-refractivity contribution >= 4 is 23.2 Å². The minimum atomic E-state index is 0.576. The van der Waals surface area contributed by atoms with Crippen LogP contribution in [0.1, 0.15) is 51.0 Å². The molecule has 1 aromatic carbocycles. The molecule has 1 N–H and O–H groups in total. The lowest BCUT2D eigenvalue weighted by Gasteiger charge is -2.31. The zero-order valence-electron chi connectivity index (χ0n) is 12.3. The van der Waals surface area contributed by atoms with Crippen LogP contribution in [0.15, 0.2) is 18.2 Å². The zero-order valence-corrected chi connectivity index (χ0v) is 13.8. The molecule has 0 saturated heterocycles.